The fourth-order valence-electron chi connectivity index (χ4n) is 4.69. The van der Waals surface area contributed by atoms with E-state index in [2.05, 4.69) is 60.5 Å². The van der Waals surface area contributed by atoms with E-state index in [0.717, 1.165) is 36.8 Å². The maximum atomic E-state index is 11.9. The third kappa shape index (κ3) is 2.68. The van der Waals surface area contributed by atoms with Crippen LogP contribution in [0.25, 0.3) is 0 Å². The summed E-state index contributed by atoms with van der Waals surface area (Å²) in [7, 11) is 2.22. The van der Waals surface area contributed by atoms with E-state index in [0.29, 0.717) is 6.04 Å². The largest absolute Gasteiger partial charge is 0.380 e. The molecule has 1 atom stereocenters. The molecule has 0 amide bonds. The van der Waals surface area contributed by atoms with E-state index in [-0.39, 0.29) is 0 Å². The molecular weight excluding hydrogens is 294 g/mol. The Morgan fingerprint density at radius 3 is 2.12 bits per heavy atom. The fourth-order valence-corrected chi connectivity index (χ4v) is 4.69. The smallest absolute Gasteiger partial charge is 0.115 e. The first kappa shape index (κ1) is 15.9. The van der Waals surface area contributed by atoms with Gasteiger partial charge in [0.2, 0.25) is 0 Å². The van der Waals surface area contributed by atoms with Crippen molar-refractivity contribution in [3.05, 3.63) is 70.8 Å². The summed E-state index contributed by atoms with van der Waals surface area (Å²) in [6, 6.07) is 17.6. The van der Waals surface area contributed by atoms with Crippen molar-refractivity contribution in [2.24, 2.45) is 0 Å². The molecule has 0 radical (unpaired) electrons. The number of fused-ring (bicyclic) bond motifs is 2. The molecule has 2 aromatic carbocycles. The second kappa shape index (κ2) is 6.34. The Hall–Kier alpha value is -1.64. The molecule has 24 heavy (non-hydrogen) atoms. The Morgan fingerprint density at radius 1 is 1.00 bits per heavy atom. The number of nitrogens with zero attached hydrogens (tertiary/aromatic N) is 1. The highest BCUT2D eigenvalue weighted by atomic mass is 16.3. The Morgan fingerprint density at radius 2 is 1.58 bits per heavy atom. The molecule has 2 aliphatic rings. The second-order valence-electron chi connectivity index (χ2n) is 7.49. The number of hydrogen-bond donors (Lipinski definition) is 1. The van der Waals surface area contributed by atoms with Gasteiger partial charge in [-0.2, -0.15) is 0 Å². The average molecular weight is 321 g/mol. The predicted molar refractivity (Wildman–Crippen MR) is 98.2 cm³/mol. The van der Waals surface area contributed by atoms with E-state index in [9.17, 15) is 5.11 Å². The van der Waals surface area contributed by atoms with Crippen LogP contribution in [0.15, 0.2) is 48.5 Å². The Kier molecular flexibility index (Phi) is 4.19. The van der Waals surface area contributed by atoms with Gasteiger partial charge in [0.05, 0.1) is 0 Å². The Bertz CT molecular complexity index is 676. The van der Waals surface area contributed by atoms with Gasteiger partial charge in [-0.05, 0) is 74.4 Å². The number of hydrogen-bond acceptors (Lipinski definition) is 2. The highest BCUT2D eigenvalue weighted by molar-refractivity contribution is 5.47. The van der Waals surface area contributed by atoms with Crippen LogP contribution in [-0.4, -0.2) is 29.6 Å². The van der Waals surface area contributed by atoms with Crippen molar-refractivity contribution in [3.8, 4) is 0 Å². The lowest BCUT2D eigenvalue weighted by Gasteiger charge is -2.33. The number of benzene rings is 2. The lowest BCUT2D eigenvalue weighted by molar-refractivity contribution is 0.0607. The van der Waals surface area contributed by atoms with Crippen molar-refractivity contribution < 1.29 is 5.11 Å². The fraction of sp³-hybridized carbons (Fsp3) is 0.455. The first-order chi connectivity index (χ1) is 11.7. The third-order valence-electron chi connectivity index (χ3n) is 6.10. The number of rotatable bonds is 3. The molecule has 1 aliphatic carbocycles. The highest BCUT2D eigenvalue weighted by Crippen LogP contribution is 2.41. The van der Waals surface area contributed by atoms with E-state index in [1.165, 1.54) is 30.5 Å². The van der Waals surface area contributed by atoms with Gasteiger partial charge in [-0.1, -0.05) is 48.5 Å². The van der Waals surface area contributed by atoms with E-state index in [4.69, 9.17) is 0 Å². The van der Waals surface area contributed by atoms with Gasteiger partial charge in [0.1, 0.15) is 5.60 Å². The van der Waals surface area contributed by atoms with Crippen molar-refractivity contribution in [3.63, 3.8) is 0 Å². The molecule has 1 aliphatic heterocycles. The molecule has 0 saturated carbocycles. The molecule has 2 nitrogen and oxygen atoms in total. The van der Waals surface area contributed by atoms with Crippen LogP contribution in [0, 0.1) is 0 Å². The van der Waals surface area contributed by atoms with Gasteiger partial charge in [0.15, 0.2) is 0 Å². The third-order valence-corrected chi connectivity index (χ3v) is 6.10. The van der Waals surface area contributed by atoms with E-state index in [1.807, 2.05) is 0 Å². The van der Waals surface area contributed by atoms with E-state index in [1.54, 1.807) is 0 Å². The molecule has 0 spiro atoms. The lowest BCUT2D eigenvalue weighted by atomic mass is 9.79. The first-order valence-corrected chi connectivity index (χ1v) is 9.28. The highest BCUT2D eigenvalue weighted by Gasteiger charge is 2.37. The molecule has 2 aromatic rings. The maximum Gasteiger partial charge on any atom is 0.115 e. The van der Waals surface area contributed by atoms with Crippen molar-refractivity contribution in [2.45, 2.75) is 50.2 Å². The summed E-state index contributed by atoms with van der Waals surface area (Å²) in [6.07, 6.45) is 6.42. The average Bonchev–Trinajstić information content (AvgIpc) is 2.98. The molecule has 1 unspecified atom stereocenters. The zero-order valence-corrected chi connectivity index (χ0v) is 14.5. The predicted octanol–water partition coefficient (Wildman–Crippen LogP) is 3.90. The number of likely N-dealkylation sites (tertiary alicyclic amines) is 1. The van der Waals surface area contributed by atoms with Crippen LogP contribution in [0.4, 0.5) is 0 Å². The van der Waals surface area contributed by atoms with E-state index < -0.39 is 5.60 Å². The molecule has 1 N–H and O–H groups in total. The van der Waals surface area contributed by atoms with Crippen LogP contribution in [0.1, 0.15) is 47.9 Å². The van der Waals surface area contributed by atoms with Crippen molar-refractivity contribution in [2.75, 3.05) is 13.6 Å². The van der Waals surface area contributed by atoms with Crippen LogP contribution < -0.4 is 0 Å². The van der Waals surface area contributed by atoms with E-state index >= 15 is 0 Å². The second-order valence-corrected chi connectivity index (χ2v) is 7.49. The van der Waals surface area contributed by atoms with Gasteiger partial charge in [0.25, 0.3) is 0 Å². The van der Waals surface area contributed by atoms with Gasteiger partial charge < -0.3 is 10.0 Å². The summed E-state index contributed by atoms with van der Waals surface area (Å²) in [6.45, 7) is 1.19. The van der Waals surface area contributed by atoms with Gasteiger partial charge in [0, 0.05) is 6.04 Å². The van der Waals surface area contributed by atoms with Gasteiger partial charge in [-0.25, -0.2) is 0 Å². The lowest BCUT2D eigenvalue weighted by Crippen LogP contribution is -2.32. The molecule has 126 valence electrons. The van der Waals surface area contributed by atoms with Crippen LogP contribution in [-0.2, 0) is 18.4 Å². The molecule has 2 heteroatoms. The van der Waals surface area contributed by atoms with Crippen LogP contribution >= 0.6 is 0 Å². The first-order valence-electron chi connectivity index (χ1n) is 9.28. The standard InChI is InChI=1S/C22H27NO/c1-23-16-6-9-19(23)14-15-22(24)20-10-4-2-7-17(20)12-13-18-8-3-5-11-21(18)22/h2-5,7-8,10-11,19,24H,6,9,12-16H2,1H3. The normalized spacial score (nSPS) is 22.7. The topological polar surface area (TPSA) is 23.5 Å². The molecule has 0 aromatic heterocycles. The number of aliphatic hydroxyl groups is 1. The van der Waals surface area contributed by atoms with Gasteiger partial charge in [-0.15, -0.1) is 0 Å². The Labute approximate surface area is 145 Å². The van der Waals surface area contributed by atoms with Gasteiger partial charge >= 0.3 is 0 Å². The maximum absolute atomic E-state index is 11.9. The molecule has 1 heterocycles. The SMILES string of the molecule is CN1CCCC1CCC1(O)c2ccccc2CCc2ccccc21. The minimum atomic E-state index is -0.854. The Balaban J connectivity index is 1.74. The van der Waals surface area contributed by atoms with Crippen LogP contribution in [0.3, 0.4) is 0 Å². The minimum absolute atomic E-state index is 0.608. The molecular formula is C22H27NO. The van der Waals surface area contributed by atoms with Crippen molar-refractivity contribution in [1.82, 2.24) is 4.90 Å². The summed E-state index contributed by atoms with van der Waals surface area (Å²) >= 11 is 0. The summed E-state index contributed by atoms with van der Waals surface area (Å²) in [4.78, 5) is 2.46. The van der Waals surface area contributed by atoms with Crippen LogP contribution in [0.2, 0.25) is 0 Å². The zero-order chi connectivity index (χ0) is 16.6. The summed E-state index contributed by atoms with van der Waals surface area (Å²) < 4.78 is 0. The van der Waals surface area contributed by atoms with Crippen molar-refractivity contribution >= 4 is 0 Å². The van der Waals surface area contributed by atoms with Gasteiger partial charge in [-0.3, -0.25) is 0 Å². The van der Waals surface area contributed by atoms with Crippen LogP contribution in [0.5, 0.6) is 0 Å². The summed E-state index contributed by atoms with van der Waals surface area (Å²) in [5.74, 6) is 0. The minimum Gasteiger partial charge on any atom is -0.380 e. The number of aryl methyl sites for hydroxylation is 2. The summed E-state index contributed by atoms with van der Waals surface area (Å²) in [5.41, 5.74) is 3.99. The summed E-state index contributed by atoms with van der Waals surface area (Å²) in [5, 5.41) is 11.9. The monoisotopic (exact) mass is 321 g/mol. The molecule has 1 fully saturated rings. The molecule has 4 rings (SSSR count). The quantitative estimate of drug-likeness (QED) is 0.927. The molecule has 0 bridgehead atoms. The zero-order valence-electron chi connectivity index (χ0n) is 14.5. The van der Waals surface area contributed by atoms with Crippen molar-refractivity contribution in [1.29, 1.82) is 0 Å². The molecule has 1 saturated heterocycles.